The van der Waals surface area contributed by atoms with Crippen LogP contribution in [0.3, 0.4) is 0 Å². The van der Waals surface area contributed by atoms with Gasteiger partial charge in [-0.05, 0) is 56.6 Å². The molecule has 4 N–H and O–H groups in total. The molecule has 0 unspecified atom stereocenters. The molecule has 18 heavy (non-hydrogen) atoms. The van der Waals surface area contributed by atoms with Gasteiger partial charge in [-0.3, -0.25) is 4.90 Å². The lowest BCUT2D eigenvalue weighted by Gasteiger charge is -2.22. The number of hydrogen-bond donors (Lipinski definition) is 2. The second-order valence-corrected chi connectivity index (χ2v) is 4.73. The largest absolute Gasteiger partial charge is 0.330 e. The van der Waals surface area contributed by atoms with Crippen molar-refractivity contribution in [1.29, 1.82) is 0 Å². The number of benzene rings is 1. The van der Waals surface area contributed by atoms with E-state index in [1.807, 2.05) is 0 Å². The quantitative estimate of drug-likeness (QED) is 0.701. The van der Waals surface area contributed by atoms with Gasteiger partial charge in [-0.25, -0.2) is 0 Å². The summed E-state index contributed by atoms with van der Waals surface area (Å²) in [4.78, 5) is 2.45. The molecule has 0 fully saturated rings. The van der Waals surface area contributed by atoms with Crippen LogP contribution >= 0.6 is 0 Å². The molecule has 0 saturated heterocycles. The first-order chi connectivity index (χ1) is 8.80. The fraction of sp³-hybridized carbons (Fsp3) is 0.600. The van der Waals surface area contributed by atoms with Gasteiger partial charge in [-0.15, -0.1) is 0 Å². The Morgan fingerprint density at radius 2 is 1.39 bits per heavy atom. The molecule has 0 atom stereocenters. The number of hydrogen-bond acceptors (Lipinski definition) is 3. The first-order valence-corrected chi connectivity index (χ1v) is 7.00. The second kappa shape index (κ2) is 9.09. The lowest BCUT2D eigenvalue weighted by atomic mass is 10.1. The third kappa shape index (κ3) is 5.63. The lowest BCUT2D eigenvalue weighted by Crippen LogP contribution is -2.28. The van der Waals surface area contributed by atoms with Crippen LogP contribution in [0, 0.1) is 0 Å². The molecule has 0 aliphatic carbocycles. The summed E-state index contributed by atoms with van der Waals surface area (Å²) in [6.45, 7) is 6.83. The number of nitrogens with two attached hydrogens (primary N) is 2. The second-order valence-electron chi connectivity index (χ2n) is 4.73. The Kier molecular flexibility index (Phi) is 7.65. The van der Waals surface area contributed by atoms with Crippen LogP contribution < -0.4 is 11.5 Å². The zero-order chi connectivity index (χ0) is 13.2. The van der Waals surface area contributed by atoms with Gasteiger partial charge in [0.05, 0.1) is 0 Å². The van der Waals surface area contributed by atoms with Crippen molar-refractivity contribution in [1.82, 2.24) is 4.90 Å². The molecule has 0 aliphatic heterocycles. The molecule has 0 heterocycles. The van der Waals surface area contributed by atoms with Crippen molar-refractivity contribution in [3.63, 3.8) is 0 Å². The summed E-state index contributed by atoms with van der Waals surface area (Å²) in [5.74, 6) is 0. The van der Waals surface area contributed by atoms with Crippen LogP contribution in [-0.4, -0.2) is 31.1 Å². The zero-order valence-corrected chi connectivity index (χ0v) is 11.6. The van der Waals surface area contributed by atoms with E-state index in [4.69, 9.17) is 11.5 Å². The van der Waals surface area contributed by atoms with Crippen LogP contribution in [0.5, 0.6) is 0 Å². The molecular formula is C15H27N3. The summed E-state index contributed by atoms with van der Waals surface area (Å²) in [5, 5.41) is 0. The Hall–Kier alpha value is -0.900. The summed E-state index contributed by atoms with van der Waals surface area (Å²) < 4.78 is 0. The van der Waals surface area contributed by atoms with Gasteiger partial charge < -0.3 is 11.5 Å². The molecule has 0 aromatic heterocycles. The van der Waals surface area contributed by atoms with E-state index in [0.29, 0.717) is 0 Å². The van der Waals surface area contributed by atoms with Gasteiger partial charge in [0, 0.05) is 6.54 Å². The van der Waals surface area contributed by atoms with E-state index in [9.17, 15) is 0 Å². The molecule has 1 rings (SSSR count). The van der Waals surface area contributed by atoms with Crippen molar-refractivity contribution in [3.8, 4) is 0 Å². The van der Waals surface area contributed by atoms with Gasteiger partial charge in [-0.2, -0.15) is 0 Å². The maximum absolute atomic E-state index is 5.59. The van der Waals surface area contributed by atoms with Crippen LogP contribution in [0.4, 0.5) is 0 Å². The van der Waals surface area contributed by atoms with Crippen molar-refractivity contribution >= 4 is 0 Å². The summed E-state index contributed by atoms with van der Waals surface area (Å²) >= 11 is 0. The smallest absolute Gasteiger partial charge is 0.0233 e. The van der Waals surface area contributed by atoms with Crippen molar-refractivity contribution in [2.45, 2.75) is 32.7 Å². The molecule has 102 valence electrons. The highest BCUT2D eigenvalue weighted by Gasteiger charge is 2.05. The van der Waals surface area contributed by atoms with Gasteiger partial charge in [-0.1, -0.05) is 31.2 Å². The number of nitrogens with zero attached hydrogens (tertiary/aromatic N) is 1. The fourth-order valence-electron chi connectivity index (χ4n) is 2.04. The van der Waals surface area contributed by atoms with Gasteiger partial charge in [0.25, 0.3) is 0 Å². The minimum Gasteiger partial charge on any atom is -0.330 e. The normalized spacial score (nSPS) is 11.1. The predicted octanol–water partition coefficient (Wildman–Crippen LogP) is 1.75. The van der Waals surface area contributed by atoms with Crippen molar-refractivity contribution < 1.29 is 0 Å². The molecule has 0 amide bonds. The molecule has 1 aromatic rings. The molecular weight excluding hydrogens is 222 g/mol. The SMILES string of the molecule is CCc1ccc(CN(CCCN)CCCN)cc1. The number of aryl methyl sites for hydroxylation is 1. The van der Waals surface area contributed by atoms with Gasteiger partial charge in [0.1, 0.15) is 0 Å². The lowest BCUT2D eigenvalue weighted by molar-refractivity contribution is 0.262. The molecule has 0 bridgehead atoms. The number of rotatable bonds is 9. The third-order valence-electron chi connectivity index (χ3n) is 3.19. The van der Waals surface area contributed by atoms with Gasteiger partial charge in [0.15, 0.2) is 0 Å². The monoisotopic (exact) mass is 249 g/mol. The van der Waals surface area contributed by atoms with Crippen LogP contribution in [-0.2, 0) is 13.0 Å². The molecule has 1 aromatic carbocycles. The Bertz CT molecular complexity index is 300. The first kappa shape index (κ1) is 15.2. The summed E-state index contributed by atoms with van der Waals surface area (Å²) in [5.41, 5.74) is 13.9. The topological polar surface area (TPSA) is 55.3 Å². The molecule has 0 aliphatic rings. The highest BCUT2D eigenvalue weighted by Crippen LogP contribution is 2.09. The van der Waals surface area contributed by atoms with E-state index >= 15 is 0 Å². The summed E-state index contributed by atoms with van der Waals surface area (Å²) in [7, 11) is 0. The van der Waals surface area contributed by atoms with Crippen molar-refractivity contribution in [2.75, 3.05) is 26.2 Å². The van der Waals surface area contributed by atoms with Crippen LogP contribution in [0.1, 0.15) is 30.9 Å². The van der Waals surface area contributed by atoms with Crippen LogP contribution in [0.25, 0.3) is 0 Å². The van der Waals surface area contributed by atoms with E-state index in [1.54, 1.807) is 0 Å². The zero-order valence-electron chi connectivity index (χ0n) is 11.6. The Balaban J connectivity index is 2.51. The Labute approximate surface area is 111 Å². The van der Waals surface area contributed by atoms with Gasteiger partial charge in [0.2, 0.25) is 0 Å². The minimum absolute atomic E-state index is 0.758. The molecule has 3 nitrogen and oxygen atoms in total. The van der Waals surface area contributed by atoms with Gasteiger partial charge >= 0.3 is 0 Å². The maximum Gasteiger partial charge on any atom is 0.0233 e. The highest BCUT2D eigenvalue weighted by molar-refractivity contribution is 5.22. The van der Waals surface area contributed by atoms with Crippen molar-refractivity contribution in [2.24, 2.45) is 11.5 Å². The van der Waals surface area contributed by atoms with E-state index in [1.165, 1.54) is 11.1 Å². The fourth-order valence-corrected chi connectivity index (χ4v) is 2.04. The first-order valence-electron chi connectivity index (χ1n) is 7.00. The molecule has 0 spiro atoms. The average molecular weight is 249 g/mol. The van der Waals surface area contributed by atoms with E-state index in [2.05, 4.69) is 36.1 Å². The molecule has 0 saturated carbocycles. The van der Waals surface area contributed by atoms with Crippen molar-refractivity contribution in [3.05, 3.63) is 35.4 Å². The maximum atomic E-state index is 5.59. The Morgan fingerprint density at radius 3 is 1.83 bits per heavy atom. The summed E-state index contributed by atoms with van der Waals surface area (Å²) in [6, 6.07) is 8.91. The summed E-state index contributed by atoms with van der Waals surface area (Å²) in [6.07, 6.45) is 3.21. The van der Waals surface area contributed by atoms with Crippen LogP contribution in [0.2, 0.25) is 0 Å². The van der Waals surface area contributed by atoms with E-state index in [0.717, 1.165) is 52.0 Å². The van der Waals surface area contributed by atoms with Crippen LogP contribution in [0.15, 0.2) is 24.3 Å². The molecule has 0 radical (unpaired) electrons. The van der Waals surface area contributed by atoms with E-state index in [-0.39, 0.29) is 0 Å². The third-order valence-corrected chi connectivity index (χ3v) is 3.19. The minimum atomic E-state index is 0.758. The van der Waals surface area contributed by atoms with E-state index < -0.39 is 0 Å². The standard InChI is InChI=1S/C15H27N3/c1-2-14-5-7-15(8-6-14)13-18(11-3-9-16)12-4-10-17/h5-8H,2-4,9-13,16-17H2,1H3. The average Bonchev–Trinajstić information content (AvgIpc) is 2.42. The molecule has 3 heteroatoms. The Morgan fingerprint density at radius 1 is 0.889 bits per heavy atom. The predicted molar refractivity (Wildman–Crippen MR) is 78.4 cm³/mol. The highest BCUT2D eigenvalue weighted by atomic mass is 15.1.